The van der Waals surface area contributed by atoms with E-state index in [0.717, 1.165) is 25.1 Å². The quantitative estimate of drug-likeness (QED) is 0.891. The molecule has 2 rings (SSSR count). The van der Waals surface area contributed by atoms with Crippen molar-refractivity contribution in [3.05, 3.63) is 18.3 Å². The second kappa shape index (κ2) is 6.05. The molecule has 4 nitrogen and oxygen atoms in total. The van der Waals surface area contributed by atoms with Gasteiger partial charge in [0.15, 0.2) is 0 Å². The van der Waals surface area contributed by atoms with Crippen LogP contribution in [0, 0.1) is 0 Å². The Bertz CT molecular complexity index is 374. The molecule has 0 aromatic carbocycles. The first-order chi connectivity index (χ1) is 8.63. The van der Waals surface area contributed by atoms with Crippen LogP contribution >= 0.6 is 0 Å². The summed E-state index contributed by atoms with van der Waals surface area (Å²) in [6.07, 6.45) is 4.32. The highest BCUT2D eigenvalue weighted by molar-refractivity contribution is 5.26. The zero-order valence-electron chi connectivity index (χ0n) is 11.3. The van der Waals surface area contributed by atoms with Gasteiger partial charge in [0.05, 0.1) is 6.10 Å². The van der Waals surface area contributed by atoms with E-state index in [-0.39, 0.29) is 12.2 Å². The van der Waals surface area contributed by atoms with Crippen LogP contribution in [0.4, 0.5) is 0 Å². The second-order valence-corrected chi connectivity index (χ2v) is 5.12. The van der Waals surface area contributed by atoms with Gasteiger partial charge in [-0.25, -0.2) is 4.98 Å². The highest BCUT2D eigenvalue weighted by Crippen LogP contribution is 2.20. The van der Waals surface area contributed by atoms with E-state index in [1.165, 1.54) is 0 Å². The van der Waals surface area contributed by atoms with Gasteiger partial charge in [0.25, 0.3) is 0 Å². The molecule has 100 valence electrons. The summed E-state index contributed by atoms with van der Waals surface area (Å²) >= 11 is 0. The number of ether oxygens (including phenoxy) is 2. The monoisotopic (exact) mass is 250 g/mol. The van der Waals surface area contributed by atoms with E-state index in [1.807, 2.05) is 26.0 Å². The van der Waals surface area contributed by atoms with Crippen molar-refractivity contribution in [2.75, 3.05) is 6.54 Å². The van der Waals surface area contributed by atoms with Gasteiger partial charge in [-0.2, -0.15) is 0 Å². The number of rotatable bonds is 4. The molecule has 4 heteroatoms. The Morgan fingerprint density at radius 2 is 2.22 bits per heavy atom. The normalized spacial score (nSPS) is 24.0. The Labute approximate surface area is 109 Å². The van der Waals surface area contributed by atoms with Gasteiger partial charge in [-0.05, 0) is 39.7 Å². The minimum absolute atomic E-state index is 0.164. The van der Waals surface area contributed by atoms with Gasteiger partial charge >= 0.3 is 0 Å². The lowest BCUT2D eigenvalue weighted by molar-refractivity contribution is 0.145. The van der Waals surface area contributed by atoms with Crippen molar-refractivity contribution in [3.8, 4) is 11.6 Å². The van der Waals surface area contributed by atoms with Gasteiger partial charge in [0.1, 0.15) is 11.9 Å². The molecule has 0 saturated carbocycles. The minimum atomic E-state index is 0.164. The summed E-state index contributed by atoms with van der Waals surface area (Å²) in [4.78, 5) is 4.23. The van der Waals surface area contributed by atoms with Gasteiger partial charge in [-0.1, -0.05) is 0 Å². The summed E-state index contributed by atoms with van der Waals surface area (Å²) < 4.78 is 11.5. The zero-order chi connectivity index (χ0) is 13.0. The predicted molar refractivity (Wildman–Crippen MR) is 71.1 cm³/mol. The second-order valence-electron chi connectivity index (χ2n) is 5.12. The molecule has 1 aliphatic rings. The van der Waals surface area contributed by atoms with Crippen molar-refractivity contribution in [2.45, 2.75) is 51.9 Å². The summed E-state index contributed by atoms with van der Waals surface area (Å²) in [7, 11) is 0. The highest BCUT2D eigenvalue weighted by atomic mass is 16.5. The SMILES string of the molecule is CC(C)Oc1ccnc(O[C@@H]2CC[C@@H](C)NC2)c1. The van der Waals surface area contributed by atoms with Crippen LogP contribution in [-0.4, -0.2) is 29.8 Å². The summed E-state index contributed by atoms with van der Waals surface area (Å²) in [5, 5.41) is 3.42. The smallest absolute Gasteiger partial charge is 0.217 e. The summed E-state index contributed by atoms with van der Waals surface area (Å²) in [5.74, 6) is 1.46. The molecule has 1 N–H and O–H groups in total. The molecule has 1 saturated heterocycles. The maximum Gasteiger partial charge on any atom is 0.217 e. The van der Waals surface area contributed by atoms with E-state index < -0.39 is 0 Å². The van der Waals surface area contributed by atoms with Crippen LogP contribution in [0.15, 0.2) is 18.3 Å². The van der Waals surface area contributed by atoms with Gasteiger partial charge in [-0.15, -0.1) is 0 Å². The standard InChI is InChI=1S/C14H22N2O2/c1-10(2)17-12-6-7-15-14(8-12)18-13-5-4-11(3)16-9-13/h6-8,10-11,13,16H,4-5,9H2,1-3H3/t11-,13-/m1/s1. The van der Waals surface area contributed by atoms with E-state index >= 15 is 0 Å². The lowest BCUT2D eigenvalue weighted by Gasteiger charge is -2.27. The Balaban J connectivity index is 1.92. The summed E-state index contributed by atoms with van der Waals surface area (Å²) in [5.41, 5.74) is 0. The van der Waals surface area contributed by atoms with E-state index in [9.17, 15) is 0 Å². The van der Waals surface area contributed by atoms with Gasteiger partial charge in [0, 0.05) is 24.8 Å². The number of nitrogens with one attached hydrogen (secondary N) is 1. The fraction of sp³-hybridized carbons (Fsp3) is 0.643. The van der Waals surface area contributed by atoms with Crippen molar-refractivity contribution in [1.29, 1.82) is 0 Å². The van der Waals surface area contributed by atoms with E-state index in [1.54, 1.807) is 6.20 Å². The van der Waals surface area contributed by atoms with Gasteiger partial charge < -0.3 is 14.8 Å². The first-order valence-electron chi connectivity index (χ1n) is 6.66. The maximum atomic E-state index is 5.87. The number of nitrogens with zero attached hydrogens (tertiary/aromatic N) is 1. The molecule has 0 aliphatic carbocycles. The van der Waals surface area contributed by atoms with Gasteiger partial charge in [0.2, 0.25) is 5.88 Å². The highest BCUT2D eigenvalue weighted by Gasteiger charge is 2.19. The predicted octanol–water partition coefficient (Wildman–Crippen LogP) is 2.39. The third kappa shape index (κ3) is 3.88. The van der Waals surface area contributed by atoms with Crippen LogP contribution in [0.3, 0.4) is 0 Å². The minimum Gasteiger partial charge on any atom is -0.491 e. The molecule has 2 atom stereocenters. The molecule has 1 aromatic heterocycles. The van der Waals surface area contributed by atoms with Crippen molar-refractivity contribution < 1.29 is 9.47 Å². The molecule has 2 heterocycles. The van der Waals surface area contributed by atoms with Crippen molar-refractivity contribution in [2.24, 2.45) is 0 Å². The van der Waals surface area contributed by atoms with E-state index in [0.29, 0.717) is 11.9 Å². The van der Waals surface area contributed by atoms with Crippen LogP contribution in [-0.2, 0) is 0 Å². The van der Waals surface area contributed by atoms with Crippen LogP contribution in [0.25, 0.3) is 0 Å². The molecule has 1 aromatic rings. The first kappa shape index (κ1) is 13.1. The molecule has 1 aliphatic heterocycles. The lowest BCUT2D eigenvalue weighted by Crippen LogP contribution is -2.42. The van der Waals surface area contributed by atoms with E-state index in [2.05, 4.69) is 17.2 Å². The average molecular weight is 250 g/mol. The third-order valence-electron chi connectivity index (χ3n) is 2.98. The summed E-state index contributed by atoms with van der Waals surface area (Å²) in [6, 6.07) is 4.31. The molecule has 0 bridgehead atoms. The third-order valence-corrected chi connectivity index (χ3v) is 2.98. The largest absolute Gasteiger partial charge is 0.491 e. The Kier molecular flexibility index (Phi) is 4.42. The van der Waals surface area contributed by atoms with Crippen LogP contribution < -0.4 is 14.8 Å². The molecular weight excluding hydrogens is 228 g/mol. The number of hydrogen-bond donors (Lipinski definition) is 1. The lowest BCUT2D eigenvalue weighted by atomic mass is 10.0. The van der Waals surface area contributed by atoms with Crippen molar-refractivity contribution >= 4 is 0 Å². The number of aromatic nitrogens is 1. The molecule has 0 spiro atoms. The maximum absolute atomic E-state index is 5.87. The molecule has 0 amide bonds. The zero-order valence-corrected chi connectivity index (χ0v) is 11.3. The molecule has 0 unspecified atom stereocenters. The van der Waals surface area contributed by atoms with Crippen LogP contribution in [0.2, 0.25) is 0 Å². The van der Waals surface area contributed by atoms with E-state index in [4.69, 9.17) is 9.47 Å². The van der Waals surface area contributed by atoms with Gasteiger partial charge in [-0.3, -0.25) is 0 Å². The number of hydrogen-bond acceptors (Lipinski definition) is 4. The number of piperidine rings is 1. The van der Waals surface area contributed by atoms with Crippen LogP contribution in [0.1, 0.15) is 33.6 Å². The Morgan fingerprint density at radius 3 is 2.89 bits per heavy atom. The topological polar surface area (TPSA) is 43.4 Å². The first-order valence-corrected chi connectivity index (χ1v) is 6.66. The Morgan fingerprint density at radius 1 is 1.39 bits per heavy atom. The molecule has 18 heavy (non-hydrogen) atoms. The summed E-state index contributed by atoms with van der Waals surface area (Å²) in [6.45, 7) is 7.10. The molecule has 0 radical (unpaired) electrons. The molecule has 1 fully saturated rings. The number of pyridine rings is 1. The fourth-order valence-corrected chi connectivity index (χ4v) is 2.05. The fourth-order valence-electron chi connectivity index (χ4n) is 2.05. The van der Waals surface area contributed by atoms with Crippen LogP contribution in [0.5, 0.6) is 11.6 Å². The average Bonchev–Trinajstić information content (AvgIpc) is 2.32. The molecular formula is C14H22N2O2. The van der Waals surface area contributed by atoms with Crippen molar-refractivity contribution in [1.82, 2.24) is 10.3 Å². The Hall–Kier alpha value is -1.29. The van der Waals surface area contributed by atoms with Crippen molar-refractivity contribution in [3.63, 3.8) is 0 Å².